The summed E-state index contributed by atoms with van der Waals surface area (Å²) in [5.74, 6) is 5.62. The third-order valence-electron chi connectivity index (χ3n) is 2.27. The van der Waals surface area contributed by atoms with Crippen LogP contribution in [0.15, 0.2) is 0 Å². The first-order chi connectivity index (χ1) is 5.72. The van der Waals surface area contributed by atoms with Crippen molar-refractivity contribution in [3.8, 4) is 0 Å². The molecule has 0 aromatic heterocycles. The maximum atomic E-state index is 10.9. The van der Waals surface area contributed by atoms with Gasteiger partial charge in [-0.3, -0.25) is 15.1 Å². The van der Waals surface area contributed by atoms with Gasteiger partial charge in [-0.15, -0.1) is 0 Å². The minimum absolute atomic E-state index is 0.0934. The molecule has 1 fully saturated rings. The SMILES string of the molecule is C[C@H]1CCCN(CC(=O)NN)C1. The fourth-order valence-electron chi connectivity index (χ4n) is 1.68. The van der Waals surface area contributed by atoms with Gasteiger partial charge in [-0.1, -0.05) is 6.92 Å². The predicted molar refractivity (Wildman–Crippen MR) is 47.2 cm³/mol. The second-order valence-electron chi connectivity index (χ2n) is 3.55. The molecule has 0 radical (unpaired) electrons. The molecule has 0 aliphatic carbocycles. The number of likely N-dealkylation sites (tertiary alicyclic amines) is 1. The summed E-state index contributed by atoms with van der Waals surface area (Å²) in [7, 11) is 0. The lowest BCUT2D eigenvalue weighted by molar-refractivity contribution is -0.122. The molecule has 1 aliphatic heterocycles. The Morgan fingerprint density at radius 1 is 1.75 bits per heavy atom. The highest BCUT2D eigenvalue weighted by Gasteiger charge is 2.17. The zero-order chi connectivity index (χ0) is 8.97. The summed E-state index contributed by atoms with van der Waals surface area (Å²) in [5.41, 5.74) is 2.15. The van der Waals surface area contributed by atoms with Crippen LogP contribution in [0.2, 0.25) is 0 Å². The number of hydrogen-bond acceptors (Lipinski definition) is 3. The van der Waals surface area contributed by atoms with Gasteiger partial charge in [0, 0.05) is 6.54 Å². The van der Waals surface area contributed by atoms with Crippen LogP contribution < -0.4 is 11.3 Å². The van der Waals surface area contributed by atoms with Crippen LogP contribution >= 0.6 is 0 Å². The molecule has 12 heavy (non-hydrogen) atoms. The number of piperidine rings is 1. The third-order valence-corrected chi connectivity index (χ3v) is 2.27. The van der Waals surface area contributed by atoms with E-state index in [1.54, 1.807) is 0 Å². The first-order valence-electron chi connectivity index (χ1n) is 4.44. The van der Waals surface area contributed by atoms with E-state index < -0.39 is 0 Å². The second-order valence-corrected chi connectivity index (χ2v) is 3.55. The largest absolute Gasteiger partial charge is 0.294 e. The number of hydrazine groups is 1. The summed E-state index contributed by atoms with van der Waals surface area (Å²) in [4.78, 5) is 13.1. The van der Waals surface area contributed by atoms with Crippen molar-refractivity contribution in [3.63, 3.8) is 0 Å². The van der Waals surface area contributed by atoms with Gasteiger partial charge in [-0.2, -0.15) is 0 Å². The smallest absolute Gasteiger partial charge is 0.248 e. The lowest BCUT2D eigenvalue weighted by atomic mass is 10.0. The van der Waals surface area contributed by atoms with Crippen molar-refractivity contribution in [1.29, 1.82) is 0 Å². The summed E-state index contributed by atoms with van der Waals surface area (Å²) in [5, 5.41) is 0. The third kappa shape index (κ3) is 2.79. The van der Waals surface area contributed by atoms with Crippen LogP contribution in [0.4, 0.5) is 0 Å². The molecule has 1 heterocycles. The van der Waals surface area contributed by atoms with Crippen molar-refractivity contribution in [1.82, 2.24) is 10.3 Å². The van der Waals surface area contributed by atoms with Crippen molar-refractivity contribution in [2.24, 2.45) is 11.8 Å². The lowest BCUT2D eigenvalue weighted by Crippen LogP contribution is -2.43. The molecular formula is C8H17N3O. The van der Waals surface area contributed by atoms with Gasteiger partial charge >= 0.3 is 0 Å². The molecule has 3 N–H and O–H groups in total. The Labute approximate surface area is 73.1 Å². The van der Waals surface area contributed by atoms with Crippen LogP contribution in [0, 0.1) is 5.92 Å². The van der Waals surface area contributed by atoms with E-state index in [2.05, 4.69) is 17.2 Å². The topological polar surface area (TPSA) is 58.4 Å². The molecule has 0 unspecified atom stereocenters. The molecule has 1 rings (SSSR count). The molecule has 1 aliphatic rings. The van der Waals surface area contributed by atoms with Gasteiger partial charge in [0.25, 0.3) is 0 Å². The van der Waals surface area contributed by atoms with Crippen molar-refractivity contribution in [3.05, 3.63) is 0 Å². The zero-order valence-electron chi connectivity index (χ0n) is 7.55. The Morgan fingerprint density at radius 2 is 2.50 bits per heavy atom. The van der Waals surface area contributed by atoms with Crippen LogP contribution in [0.1, 0.15) is 19.8 Å². The van der Waals surface area contributed by atoms with Gasteiger partial charge in [-0.25, -0.2) is 5.84 Å². The molecule has 0 aromatic carbocycles. The van der Waals surface area contributed by atoms with E-state index in [-0.39, 0.29) is 5.91 Å². The van der Waals surface area contributed by atoms with E-state index >= 15 is 0 Å². The van der Waals surface area contributed by atoms with Crippen molar-refractivity contribution in [2.45, 2.75) is 19.8 Å². The van der Waals surface area contributed by atoms with E-state index in [1.807, 2.05) is 0 Å². The van der Waals surface area contributed by atoms with Crippen LogP contribution in [-0.4, -0.2) is 30.4 Å². The maximum Gasteiger partial charge on any atom is 0.248 e. The zero-order valence-corrected chi connectivity index (χ0v) is 7.55. The number of amides is 1. The molecule has 1 amide bonds. The first kappa shape index (κ1) is 9.48. The number of hydrogen-bond donors (Lipinski definition) is 2. The average molecular weight is 171 g/mol. The minimum atomic E-state index is -0.0934. The average Bonchev–Trinajstić information content (AvgIpc) is 2.04. The molecule has 0 bridgehead atoms. The minimum Gasteiger partial charge on any atom is -0.294 e. The van der Waals surface area contributed by atoms with Gasteiger partial charge in [0.15, 0.2) is 0 Å². The van der Waals surface area contributed by atoms with Crippen molar-refractivity contribution in [2.75, 3.05) is 19.6 Å². The van der Waals surface area contributed by atoms with E-state index in [4.69, 9.17) is 5.84 Å². The molecule has 1 atom stereocenters. The molecule has 0 spiro atoms. The summed E-state index contributed by atoms with van der Waals surface area (Å²) in [6, 6.07) is 0. The van der Waals surface area contributed by atoms with Crippen LogP contribution in [0.3, 0.4) is 0 Å². The van der Waals surface area contributed by atoms with Gasteiger partial charge < -0.3 is 0 Å². The Kier molecular flexibility index (Phi) is 3.49. The molecule has 4 heteroatoms. The van der Waals surface area contributed by atoms with E-state index in [1.165, 1.54) is 12.8 Å². The number of rotatable bonds is 2. The molecule has 4 nitrogen and oxygen atoms in total. The summed E-state index contributed by atoms with van der Waals surface area (Å²) >= 11 is 0. The fraction of sp³-hybridized carbons (Fsp3) is 0.875. The Morgan fingerprint density at radius 3 is 3.08 bits per heavy atom. The van der Waals surface area contributed by atoms with Gasteiger partial charge in [0.1, 0.15) is 0 Å². The van der Waals surface area contributed by atoms with E-state index in [0.717, 1.165) is 13.1 Å². The van der Waals surface area contributed by atoms with Crippen molar-refractivity contribution < 1.29 is 4.79 Å². The fourth-order valence-corrected chi connectivity index (χ4v) is 1.68. The number of nitrogens with two attached hydrogens (primary N) is 1. The molecule has 0 saturated carbocycles. The lowest BCUT2D eigenvalue weighted by Gasteiger charge is -2.29. The van der Waals surface area contributed by atoms with Gasteiger partial charge in [0.05, 0.1) is 6.54 Å². The Balaban J connectivity index is 2.27. The van der Waals surface area contributed by atoms with E-state index in [9.17, 15) is 4.79 Å². The number of carbonyl (C=O) groups is 1. The van der Waals surface area contributed by atoms with Gasteiger partial charge in [0.2, 0.25) is 5.91 Å². The standard InChI is InChI=1S/C8H17N3O/c1-7-3-2-4-11(5-7)6-8(12)10-9/h7H,2-6,9H2,1H3,(H,10,12)/t7-/m0/s1. The molecular weight excluding hydrogens is 154 g/mol. The Hall–Kier alpha value is -0.610. The monoisotopic (exact) mass is 171 g/mol. The number of nitrogens with zero attached hydrogens (tertiary/aromatic N) is 1. The molecule has 0 aromatic rings. The Bertz CT molecular complexity index is 160. The number of nitrogens with one attached hydrogen (secondary N) is 1. The van der Waals surface area contributed by atoms with Crippen molar-refractivity contribution >= 4 is 5.91 Å². The molecule has 70 valence electrons. The maximum absolute atomic E-state index is 10.9. The normalized spacial score (nSPS) is 25.3. The molecule has 1 saturated heterocycles. The summed E-state index contributed by atoms with van der Waals surface area (Å²) < 4.78 is 0. The predicted octanol–water partition coefficient (Wildman–Crippen LogP) is -0.292. The van der Waals surface area contributed by atoms with Crippen LogP contribution in [0.25, 0.3) is 0 Å². The van der Waals surface area contributed by atoms with Gasteiger partial charge in [-0.05, 0) is 25.3 Å². The number of carbonyl (C=O) groups excluding carboxylic acids is 1. The van der Waals surface area contributed by atoms with Crippen LogP contribution in [-0.2, 0) is 4.79 Å². The first-order valence-corrected chi connectivity index (χ1v) is 4.44. The highest BCUT2D eigenvalue weighted by atomic mass is 16.2. The summed E-state index contributed by atoms with van der Waals surface area (Å²) in [6.45, 7) is 4.71. The van der Waals surface area contributed by atoms with Crippen LogP contribution in [0.5, 0.6) is 0 Å². The highest BCUT2D eigenvalue weighted by Crippen LogP contribution is 2.14. The summed E-state index contributed by atoms with van der Waals surface area (Å²) in [6.07, 6.45) is 2.47. The van der Waals surface area contributed by atoms with E-state index in [0.29, 0.717) is 12.5 Å². The quantitative estimate of drug-likeness (QED) is 0.341. The highest BCUT2D eigenvalue weighted by molar-refractivity contribution is 5.77. The second kappa shape index (κ2) is 4.42.